The Hall–Kier alpha value is -2.17. The Morgan fingerprint density at radius 3 is 2.80 bits per heavy atom. The first-order valence-corrected chi connectivity index (χ1v) is 9.45. The molecule has 1 saturated heterocycles. The summed E-state index contributed by atoms with van der Waals surface area (Å²) in [7, 11) is 0. The third-order valence-electron chi connectivity index (χ3n) is 5.94. The number of likely N-dealkylation sites (tertiary alicyclic amines) is 1. The van der Waals surface area contributed by atoms with Crippen LogP contribution in [0.1, 0.15) is 38.5 Å². The molecule has 2 fully saturated rings. The van der Waals surface area contributed by atoms with Crippen LogP contribution in [0.15, 0.2) is 35.3 Å². The SMILES string of the molecule is O=C(CCn1ncc(=O)c2ccccc21)N1CC[C@@H]2CCCC[C@H]2C1. The Bertz CT molecular complexity index is 829. The minimum absolute atomic E-state index is 0.0717. The molecule has 0 spiro atoms. The number of nitrogens with zero attached hydrogens (tertiary/aromatic N) is 3. The third kappa shape index (κ3) is 3.32. The smallest absolute Gasteiger partial charge is 0.224 e. The number of para-hydroxylation sites is 1. The fraction of sp³-hybridized carbons (Fsp3) is 0.550. The first-order valence-electron chi connectivity index (χ1n) is 9.45. The molecule has 2 aliphatic rings. The van der Waals surface area contributed by atoms with Crippen LogP contribution in [0.4, 0.5) is 0 Å². The number of aromatic nitrogens is 2. The number of hydrogen-bond acceptors (Lipinski definition) is 3. The summed E-state index contributed by atoms with van der Waals surface area (Å²) in [5.41, 5.74) is 0.728. The van der Waals surface area contributed by atoms with Crippen LogP contribution < -0.4 is 5.43 Å². The van der Waals surface area contributed by atoms with Gasteiger partial charge >= 0.3 is 0 Å². The van der Waals surface area contributed by atoms with Gasteiger partial charge in [0.25, 0.3) is 0 Å². The molecule has 5 heteroatoms. The maximum Gasteiger partial charge on any atom is 0.224 e. The zero-order valence-corrected chi connectivity index (χ0v) is 14.6. The molecule has 1 amide bonds. The van der Waals surface area contributed by atoms with E-state index in [0.29, 0.717) is 24.3 Å². The second-order valence-corrected chi connectivity index (χ2v) is 7.43. The number of carbonyl (C=O) groups is 1. The molecule has 0 radical (unpaired) electrons. The Kier molecular flexibility index (Phi) is 4.55. The van der Waals surface area contributed by atoms with E-state index in [-0.39, 0.29) is 11.3 Å². The fourth-order valence-electron chi connectivity index (χ4n) is 4.53. The summed E-state index contributed by atoms with van der Waals surface area (Å²) in [5, 5.41) is 4.88. The van der Waals surface area contributed by atoms with Crippen molar-refractivity contribution in [1.82, 2.24) is 14.7 Å². The van der Waals surface area contributed by atoms with Gasteiger partial charge in [0.05, 0.1) is 18.3 Å². The minimum Gasteiger partial charge on any atom is -0.342 e. The predicted octanol–water partition coefficient (Wildman–Crippen LogP) is 2.83. The van der Waals surface area contributed by atoms with E-state index < -0.39 is 0 Å². The van der Waals surface area contributed by atoms with Gasteiger partial charge < -0.3 is 4.90 Å². The highest BCUT2D eigenvalue weighted by molar-refractivity contribution is 5.79. The second-order valence-electron chi connectivity index (χ2n) is 7.43. The van der Waals surface area contributed by atoms with Crippen molar-refractivity contribution < 1.29 is 4.79 Å². The standard InChI is InChI=1S/C20H25N3O2/c24-19-13-21-23(18-8-4-3-7-17(18)19)12-10-20(25)22-11-9-15-5-1-2-6-16(15)14-22/h3-4,7-8,13,15-16H,1-2,5-6,9-12,14H2/t15-,16-/m0/s1. The van der Waals surface area contributed by atoms with Crippen molar-refractivity contribution in [3.05, 3.63) is 40.7 Å². The van der Waals surface area contributed by atoms with Gasteiger partial charge in [0.2, 0.25) is 11.3 Å². The highest BCUT2D eigenvalue weighted by Gasteiger charge is 2.32. The van der Waals surface area contributed by atoms with Crippen LogP contribution >= 0.6 is 0 Å². The van der Waals surface area contributed by atoms with Crippen LogP contribution in [0.25, 0.3) is 10.9 Å². The molecule has 1 aromatic heterocycles. The van der Waals surface area contributed by atoms with Gasteiger partial charge in [-0.1, -0.05) is 31.4 Å². The lowest BCUT2D eigenvalue weighted by molar-refractivity contribution is -0.134. The number of fused-ring (bicyclic) bond motifs is 2. The van der Waals surface area contributed by atoms with Crippen molar-refractivity contribution in [3.63, 3.8) is 0 Å². The largest absolute Gasteiger partial charge is 0.342 e. The van der Waals surface area contributed by atoms with Crippen LogP contribution in [0.5, 0.6) is 0 Å². The molecule has 25 heavy (non-hydrogen) atoms. The van der Waals surface area contributed by atoms with Crippen molar-refractivity contribution in [3.8, 4) is 0 Å². The van der Waals surface area contributed by atoms with Crippen LogP contribution in [-0.2, 0) is 11.3 Å². The fourth-order valence-corrected chi connectivity index (χ4v) is 4.53. The highest BCUT2D eigenvalue weighted by Crippen LogP contribution is 2.36. The van der Waals surface area contributed by atoms with E-state index in [1.54, 1.807) is 4.68 Å². The van der Waals surface area contributed by atoms with Gasteiger partial charge in [0.1, 0.15) is 0 Å². The lowest BCUT2D eigenvalue weighted by Crippen LogP contribution is -2.45. The molecular formula is C20H25N3O2. The van der Waals surface area contributed by atoms with Gasteiger partial charge in [-0.3, -0.25) is 14.3 Å². The molecule has 0 N–H and O–H groups in total. The lowest BCUT2D eigenvalue weighted by atomic mass is 9.75. The maximum atomic E-state index is 12.7. The minimum atomic E-state index is -0.0717. The molecule has 2 atom stereocenters. The first-order chi connectivity index (χ1) is 12.2. The van der Waals surface area contributed by atoms with Gasteiger partial charge in [0, 0.05) is 24.9 Å². The summed E-state index contributed by atoms with van der Waals surface area (Å²) in [5.74, 6) is 1.76. The van der Waals surface area contributed by atoms with E-state index in [9.17, 15) is 9.59 Å². The van der Waals surface area contributed by atoms with Crippen LogP contribution in [0, 0.1) is 11.8 Å². The van der Waals surface area contributed by atoms with Gasteiger partial charge in [-0.15, -0.1) is 0 Å². The number of amides is 1. The Morgan fingerprint density at radius 1 is 1.12 bits per heavy atom. The molecule has 1 aliphatic carbocycles. The zero-order valence-electron chi connectivity index (χ0n) is 14.6. The van der Waals surface area contributed by atoms with Crippen molar-refractivity contribution in [2.45, 2.75) is 45.1 Å². The molecule has 5 nitrogen and oxygen atoms in total. The summed E-state index contributed by atoms with van der Waals surface area (Å²) < 4.78 is 1.78. The average molecular weight is 339 g/mol. The van der Waals surface area contributed by atoms with Gasteiger partial charge in [-0.25, -0.2) is 0 Å². The number of piperidine rings is 1. The third-order valence-corrected chi connectivity index (χ3v) is 5.94. The van der Waals surface area contributed by atoms with E-state index >= 15 is 0 Å². The topological polar surface area (TPSA) is 55.2 Å². The summed E-state index contributed by atoms with van der Waals surface area (Å²) in [6.07, 6.45) is 8.25. The molecule has 1 aliphatic heterocycles. The molecule has 1 saturated carbocycles. The molecule has 4 rings (SSSR count). The van der Waals surface area contributed by atoms with Crippen molar-refractivity contribution >= 4 is 16.8 Å². The monoisotopic (exact) mass is 339 g/mol. The Balaban J connectivity index is 1.42. The van der Waals surface area contributed by atoms with Crippen molar-refractivity contribution in [2.75, 3.05) is 13.1 Å². The van der Waals surface area contributed by atoms with E-state index in [2.05, 4.69) is 10.00 Å². The molecule has 132 valence electrons. The Morgan fingerprint density at radius 2 is 1.92 bits per heavy atom. The summed E-state index contributed by atoms with van der Waals surface area (Å²) in [4.78, 5) is 26.6. The number of carbonyl (C=O) groups excluding carboxylic acids is 1. The number of benzene rings is 1. The summed E-state index contributed by atoms with van der Waals surface area (Å²) in [6.45, 7) is 2.35. The molecule has 0 unspecified atom stereocenters. The van der Waals surface area contributed by atoms with Crippen LogP contribution in [0.2, 0.25) is 0 Å². The Labute approximate surface area is 147 Å². The predicted molar refractivity (Wildman–Crippen MR) is 97.3 cm³/mol. The van der Waals surface area contributed by atoms with Crippen LogP contribution in [-0.4, -0.2) is 33.7 Å². The number of aryl methyl sites for hydroxylation is 1. The second kappa shape index (κ2) is 6.98. The van der Waals surface area contributed by atoms with Gasteiger partial charge in [-0.2, -0.15) is 5.10 Å². The molecular weight excluding hydrogens is 314 g/mol. The van der Waals surface area contributed by atoms with Crippen molar-refractivity contribution in [1.29, 1.82) is 0 Å². The van der Waals surface area contributed by atoms with Crippen molar-refractivity contribution in [2.24, 2.45) is 11.8 Å². The normalized spacial score (nSPS) is 23.4. The van der Waals surface area contributed by atoms with Gasteiger partial charge in [0.15, 0.2) is 0 Å². The average Bonchev–Trinajstić information content (AvgIpc) is 2.67. The van der Waals surface area contributed by atoms with E-state index in [4.69, 9.17) is 0 Å². The maximum absolute atomic E-state index is 12.7. The molecule has 2 aromatic rings. The zero-order chi connectivity index (χ0) is 17.2. The number of hydrogen-bond donors (Lipinski definition) is 0. The first kappa shape index (κ1) is 16.3. The molecule has 1 aromatic carbocycles. The highest BCUT2D eigenvalue weighted by atomic mass is 16.2. The summed E-state index contributed by atoms with van der Waals surface area (Å²) in [6, 6.07) is 7.45. The number of rotatable bonds is 3. The van der Waals surface area contributed by atoms with E-state index in [0.717, 1.165) is 30.9 Å². The molecule has 0 bridgehead atoms. The molecule has 2 heterocycles. The quantitative estimate of drug-likeness (QED) is 0.864. The summed E-state index contributed by atoms with van der Waals surface area (Å²) >= 11 is 0. The van der Waals surface area contributed by atoms with E-state index in [1.165, 1.54) is 31.9 Å². The van der Waals surface area contributed by atoms with Gasteiger partial charge in [-0.05, 0) is 36.8 Å². The lowest BCUT2D eigenvalue weighted by Gasteiger charge is -2.41. The van der Waals surface area contributed by atoms with E-state index in [1.807, 2.05) is 24.3 Å². The van der Waals surface area contributed by atoms with Crippen LogP contribution in [0.3, 0.4) is 0 Å².